The van der Waals surface area contributed by atoms with Crippen LogP contribution < -0.4 is 0 Å². The van der Waals surface area contributed by atoms with Crippen LogP contribution in [0.5, 0.6) is 0 Å². The van der Waals surface area contributed by atoms with Gasteiger partial charge in [0.05, 0.1) is 12.1 Å². The normalized spacial score (nSPS) is 16.8. The zero-order valence-electron chi connectivity index (χ0n) is 8.65. The second-order valence-electron chi connectivity index (χ2n) is 4.13. The molecule has 1 aromatic heterocycles. The Morgan fingerprint density at radius 1 is 1.47 bits per heavy atom. The molecule has 0 amide bonds. The van der Waals surface area contributed by atoms with Gasteiger partial charge in [-0.2, -0.15) is 0 Å². The lowest BCUT2D eigenvalue weighted by Crippen LogP contribution is -2.03. The van der Waals surface area contributed by atoms with Crippen molar-refractivity contribution < 1.29 is 9.90 Å². The van der Waals surface area contributed by atoms with Gasteiger partial charge in [-0.05, 0) is 36.5 Å². The summed E-state index contributed by atoms with van der Waals surface area (Å²) in [6.45, 7) is 0. The average molecular weight is 205 g/mol. The van der Waals surface area contributed by atoms with Crippen molar-refractivity contribution in [1.29, 1.82) is 0 Å². The minimum absolute atomic E-state index is 0.0283. The Hall–Kier alpha value is -1.38. The van der Waals surface area contributed by atoms with Crippen molar-refractivity contribution in [1.82, 2.24) is 4.98 Å². The molecule has 0 atom stereocenters. The van der Waals surface area contributed by atoms with Gasteiger partial charge < -0.3 is 5.11 Å². The van der Waals surface area contributed by atoms with Crippen molar-refractivity contribution >= 4 is 5.97 Å². The second-order valence-corrected chi connectivity index (χ2v) is 4.13. The number of carbonyl (C=O) groups is 1. The first kappa shape index (κ1) is 10.1. The third-order valence-corrected chi connectivity index (χ3v) is 3.00. The van der Waals surface area contributed by atoms with E-state index in [-0.39, 0.29) is 6.42 Å². The lowest BCUT2D eigenvalue weighted by atomic mass is 9.98. The number of pyridine rings is 1. The van der Waals surface area contributed by atoms with Crippen LogP contribution in [0.2, 0.25) is 0 Å². The molecule has 0 aromatic carbocycles. The summed E-state index contributed by atoms with van der Waals surface area (Å²) in [4.78, 5) is 14.6. The molecule has 0 radical (unpaired) electrons. The van der Waals surface area contributed by atoms with Gasteiger partial charge in [-0.1, -0.05) is 12.8 Å². The van der Waals surface area contributed by atoms with Crippen molar-refractivity contribution in [2.75, 3.05) is 0 Å². The fraction of sp³-hybridized carbons (Fsp3) is 0.500. The smallest absolute Gasteiger partial charge is 0.309 e. The Kier molecular flexibility index (Phi) is 2.99. The highest BCUT2D eigenvalue weighted by molar-refractivity contribution is 5.69. The Morgan fingerprint density at radius 2 is 2.20 bits per heavy atom. The molecule has 3 nitrogen and oxygen atoms in total. The zero-order valence-corrected chi connectivity index (χ0v) is 8.65. The predicted octanol–water partition coefficient (Wildman–Crippen LogP) is 2.37. The number of nitrogens with zero attached hydrogens (tertiary/aromatic N) is 1. The molecule has 2 rings (SSSR count). The molecule has 3 heteroatoms. The summed E-state index contributed by atoms with van der Waals surface area (Å²) in [5.74, 6) is -0.188. The minimum Gasteiger partial charge on any atom is -0.481 e. The van der Waals surface area contributed by atoms with E-state index in [1.54, 1.807) is 6.20 Å². The monoisotopic (exact) mass is 205 g/mol. The van der Waals surface area contributed by atoms with Crippen molar-refractivity contribution in [2.45, 2.75) is 38.0 Å². The molecule has 0 saturated heterocycles. The van der Waals surface area contributed by atoms with E-state index < -0.39 is 5.97 Å². The third kappa shape index (κ3) is 2.55. The molecular formula is C12H15NO2. The Bertz CT molecular complexity index is 356. The summed E-state index contributed by atoms with van der Waals surface area (Å²) in [5, 5.41) is 8.68. The van der Waals surface area contributed by atoms with E-state index in [1.807, 2.05) is 12.1 Å². The van der Waals surface area contributed by atoms with Gasteiger partial charge in [0.1, 0.15) is 0 Å². The number of rotatable bonds is 3. The van der Waals surface area contributed by atoms with Gasteiger partial charge in [-0.15, -0.1) is 0 Å². The summed E-state index contributed by atoms with van der Waals surface area (Å²) >= 11 is 0. The highest BCUT2D eigenvalue weighted by Crippen LogP contribution is 2.33. The molecule has 1 N–H and O–H groups in total. The number of carboxylic acids is 1. The van der Waals surface area contributed by atoms with E-state index in [0.717, 1.165) is 0 Å². The third-order valence-electron chi connectivity index (χ3n) is 3.00. The molecule has 1 heterocycles. The van der Waals surface area contributed by atoms with Gasteiger partial charge in [0.15, 0.2) is 0 Å². The van der Waals surface area contributed by atoms with Crippen LogP contribution in [0.15, 0.2) is 18.3 Å². The molecule has 1 aliphatic rings. The van der Waals surface area contributed by atoms with E-state index >= 15 is 0 Å². The first-order valence-corrected chi connectivity index (χ1v) is 5.42. The maximum Gasteiger partial charge on any atom is 0.309 e. The summed E-state index contributed by atoms with van der Waals surface area (Å²) in [6.07, 6.45) is 6.81. The lowest BCUT2D eigenvalue weighted by Gasteiger charge is -2.09. The van der Waals surface area contributed by atoms with Gasteiger partial charge in [0.25, 0.3) is 0 Å². The van der Waals surface area contributed by atoms with Gasteiger partial charge in [-0.25, -0.2) is 0 Å². The van der Waals surface area contributed by atoms with Gasteiger partial charge >= 0.3 is 5.97 Å². The molecular weight excluding hydrogens is 190 g/mol. The van der Waals surface area contributed by atoms with Gasteiger partial charge in [0, 0.05) is 6.20 Å². The largest absolute Gasteiger partial charge is 0.481 e. The van der Waals surface area contributed by atoms with Crippen LogP contribution in [-0.4, -0.2) is 16.1 Å². The summed E-state index contributed by atoms with van der Waals surface area (Å²) < 4.78 is 0. The van der Waals surface area contributed by atoms with Crippen molar-refractivity contribution in [2.24, 2.45) is 0 Å². The van der Waals surface area contributed by atoms with E-state index in [0.29, 0.717) is 11.6 Å². The zero-order chi connectivity index (χ0) is 10.7. The average Bonchev–Trinajstić information content (AvgIpc) is 2.69. The second kappa shape index (κ2) is 4.43. The molecule has 15 heavy (non-hydrogen) atoms. The molecule has 1 aliphatic carbocycles. The molecule has 1 saturated carbocycles. The standard InChI is InChI=1S/C12H15NO2/c14-12(15)8-11-7-10(5-6-13-11)9-3-1-2-4-9/h5-7,9H,1-4,8H2,(H,14,15). The van der Waals surface area contributed by atoms with E-state index in [1.165, 1.54) is 31.2 Å². The van der Waals surface area contributed by atoms with Crippen LogP contribution in [0.3, 0.4) is 0 Å². The maximum atomic E-state index is 10.6. The fourth-order valence-electron chi connectivity index (χ4n) is 2.26. The summed E-state index contributed by atoms with van der Waals surface area (Å²) in [6, 6.07) is 3.96. The summed E-state index contributed by atoms with van der Waals surface area (Å²) in [7, 11) is 0. The minimum atomic E-state index is -0.814. The van der Waals surface area contributed by atoms with Crippen LogP contribution >= 0.6 is 0 Å². The number of aliphatic carboxylic acids is 1. The number of aromatic nitrogens is 1. The van der Waals surface area contributed by atoms with Gasteiger partial charge in [-0.3, -0.25) is 9.78 Å². The van der Waals surface area contributed by atoms with Crippen molar-refractivity contribution in [3.8, 4) is 0 Å². The fourth-order valence-corrected chi connectivity index (χ4v) is 2.26. The van der Waals surface area contributed by atoms with Crippen molar-refractivity contribution in [3.05, 3.63) is 29.6 Å². The molecule has 1 fully saturated rings. The number of hydrogen-bond acceptors (Lipinski definition) is 2. The highest BCUT2D eigenvalue weighted by atomic mass is 16.4. The highest BCUT2D eigenvalue weighted by Gasteiger charge is 2.17. The topological polar surface area (TPSA) is 50.2 Å². The SMILES string of the molecule is O=C(O)Cc1cc(C2CCCC2)ccn1. The predicted molar refractivity (Wildman–Crippen MR) is 56.8 cm³/mol. The van der Waals surface area contributed by atoms with Crippen LogP contribution in [0.1, 0.15) is 42.9 Å². The molecule has 0 spiro atoms. The first-order chi connectivity index (χ1) is 7.25. The van der Waals surface area contributed by atoms with Crippen LogP contribution in [0, 0.1) is 0 Å². The van der Waals surface area contributed by atoms with E-state index in [4.69, 9.17) is 5.11 Å². The van der Waals surface area contributed by atoms with Crippen LogP contribution in [0.4, 0.5) is 0 Å². The number of carboxylic acid groups (broad SMARTS) is 1. The molecule has 0 bridgehead atoms. The Balaban J connectivity index is 2.14. The van der Waals surface area contributed by atoms with Crippen LogP contribution in [-0.2, 0) is 11.2 Å². The Morgan fingerprint density at radius 3 is 2.87 bits per heavy atom. The molecule has 1 aromatic rings. The van der Waals surface area contributed by atoms with E-state index in [9.17, 15) is 4.79 Å². The molecule has 80 valence electrons. The van der Waals surface area contributed by atoms with Gasteiger partial charge in [0.2, 0.25) is 0 Å². The van der Waals surface area contributed by atoms with E-state index in [2.05, 4.69) is 4.98 Å². The van der Waals surface area contributed by atoms with Crippen LogP contribution in [0.25, 0.3) is 0 Å². The summed E-state index contributed by atoms with van der Waals surface area (Å²) in [5.41, 5.74) is 1.94. The molecule has 0 unspecified atom stereocenters. The first-order valence-electron chi connectivity index (χ1n) is 5.42. The molecule has 0 aliphatic heterocycles. The maximum absolute atomic E-state index is 10.6. The van der Waals surface area contributed by atoms with Crippen molar-refractivity contribution in [3.63, 3.8) is 0 Å². The lowest BCUT2D eigenvalue weighted by molar-refractivity contribution is -0.136. The quantitative estimate of drug-likeness (QED) is 0.824. The number of hydrogen-bond donors (Lipinski definition) is 1. The Labute approximate surface area is 89.2 Å².